The Morgan fingerprint density at radius 2 is 2.23 bits per heavy atom. The first-order chi connectivity index (χ1) is 12.8. The summed E-state index contributed by atoms with van der Waals surface area (Å²) in [5.74, 6) is 2.73. The zero-order valence-electron chi connectivity index (χ0n) is 13.8. The van der Waals surface area contributed by atoms with E-state index in [-0.39, 0.29) is 0 Å². The van der Waals surface area contributed by atoms with Crippen LogP contribution < -0.4 is 0 Å². The molecule has 10 heteroatoms. The average molecular weight is 382 g/mol. The Kier molecular flexibility index (Phi) is 3.86. The molecule has 4 aromatic heterocycles. The Labute approximate surface area is 157 Å². The molecule has 0 aliphatic carbocycles. The van der Waals surface area contributed by atoms with E-state index in [0.29, 0.717) is 6.04 Å². The maximum absolute atomic E-state index is 4.45. The molecule has 5 rings (SSSR count). The van der Waals surface area contributed by atoms with Crippen LogP contribution in [0.25, 0.3) is 22.4 Å². The second-order valence-electron chi connectivity index (χ2n) is 5.88. The van der Waals surface area contributed by atoms with Gasteiger partial charge in [-0.1, -0.05) is 11.8 Å². The summed E-state index contributed by atoms with van der Waals surface area (Å²) in [6, 6.07) is 4.23. The highest BCUT2D eigenvalue weighted by Crippen LogP contribution is 2.39. The molecule has 26 heavy (non-hydrogen) atoms. The summed E-state index contributed by atoms with van der Waals surface area (Å²) in [7, 11) is 1.89. The molecule has 0 spiro atoms. The first-order valence-electron chi connectivity index (χ1n) is 8.05. The van der Waals surface area contributed by atoms with E-state index in [9.17, 15) is 0 Å². The maximum Gasteiger partial charge on any atom is 0.191 e. The van der Waals surface area contributed by atoms with Crippen molar-refractivity contribution in [3.63, 3.8) is 0 Å². The monoisotopic (exact) mass is 382 g/mol. The van der Waals surface area contributed by atoms with Gasteiger partial charge in [0.25, 0.3) is 0 Å². The fraction of sp³-hybridized carbons (Fsp3) is 0.250. The van der Waals surface area contributed by atoms with Crippen LogP contribution in [0.15, 0.2) is 47.2 Å². The number of hydrogen-bond acceptors (Lipinski definition) is 8. The molecule has 0 saturated carbocycles. The fourth-order valence-electron chi connectivity index (χ4n) is 3.00. The van der Waals surface area contributed by atoms with E-state index >= 15 is 0 Å². The van der Waals surface area contributed by atoms with Crippen LogP contribution in [0.4, 0.5) is 0 Å². The molecule has 0 bridgehead atoms. The van der Waals surface area contributed by atoms with Crippen molar-refractivity contribution in [1.82, 2.24) is 39.5 Å². The SMILES string of the molecule is Cn1ncc2c(SCC3CSc4nnc(-c5cccnc5)n43)ncnc21. The van der Waals surface area contributed by atoms with Gasteiger partial charge in [0.05, 0.1) is 17.6 Å². The van der Waals surface area contributed by atoms with Crippen LogP contribution in [0, 0.1) is 0 Å². The van der Waals surface area contributed by atoms with Gasteiger partial charge in [0.15, 0.2) is 16.6 Å². The summed E-state index contributed by atoms with van der Waals surface area (Å²) in [6.45, 7) is 0. The Morgan fingerprint density at radius 3 is 3.12 bits per heavy atom. The van der Waals surface area contributed by atoms with Crippen LogP contribution in [0.3, 0.4) is 0 Å². The quantitative estimate of drug-likeness (QED) is 0.393. The molecule has 4 aromatic rings. The van der Waals surface area contributed by atoms with Crippen molar-refractivity contribution in [3.05, 3.63) is 37.1 Å². The average Bonchev–Trinajstić information content (AvgIpc) is 3.37. The molecule has 5 heterocycles. The van der Waals surface area contributed by atoms with E-state index in [1.54, 1.807) is 40.7 Å². The van der Waals surface area contributed by atoms with Crippen molar-refractivity contribution in [2.75, 3.05) is 11.5 Å². The standard InChI is InChI=1S/C16H14N8S2/c1-23-14-12(6-20-23)15(19-9-18-14)25-7-11-8-26-16-22-21-13(24(11)16)10-3-2-4-17-5-10/h2-6,9,11H,7-8H2,1H3. The number of nitrogens with zero attached hydrogens (tertiary/aromatic N) is 8. The number of aryl methyl sites for hydroxylation is 1. The number of aromatic nitrogens is 8. The molecule has 1 atom stereocenters. The van der Waals surface area contributed by atoms with E-state index in [2.05, 4.69) is 34.8 Å². The number of rotatable bonds is 4. The van der Waals surface area contributed by atoms with E-state index in [4.69, 9.17) is 0 Å². The number of fused-ring (bicyclic) bond motifs is 2. The third-order valence-corrected chi connectivity index (χ3v) is 6.50. The highest BCUT2D eigenvalue weighted by molar-refractivity contribution is 8.00. The Hall–Kier alpha value is -2.46. The van der Waals surface area contributed by atoms with Crippen LogP contribution in [-0.2, 0) is 7.05 Å². The number of thioether (sulfide) groups is 2. The van der Waals surface area contributed by atoms with Gasteiger partial charge >= 0.3 is 0 Å². The lowest BCUT2D eigenvalue weighted by atomic mass is 10.2. The molecule has 0 N–H and O–H groups in total. The summed E-state index contributed by atoms with van der Waals surface area (Å²) in [5.41, 5.74) is 1.84. The first-order valence-corrected chi connectivity index (χ1v) is 10.0. The maximum atomic E-state index is 4.45. The lowest BCUT2D eigenvalue weighted by Gasteiger charge is -2.14. The Morgan fingerprint density at radius 1 is 1.27 bits per heavy atom. The number of hydrogen-bond donors (Lipinski definition) is 0. The second-order valence-corrected chi connectivity index (χ2v) is 7.87. The topological polar surface area (TPSA) is 87.2 Å². The summed E-state index contributed by atoms with van der Waals surface area (Å²) in [5, 5.41) is 15.9. The molecule has 0 fully saturated rings. The minimum atomic E-state index is 0.298. The van der Waals surface area contributed by atoms with Gasteiger partial charge < -0.3 is 0 Å². The molecule has 1 aliphatic rings. The lowest BCUT2D eigenvalue weighted by molar-refractivity contribution is 0.597. The van der Waals surface area contributed by atoms with Crippen molar-refractivity contribution in [3.8, 4) is 11.4 Å². The van der Waals surface area contributed by atoms with Crippen LogP contribution >= 0.6 is 23.5 Å². The fourth-order valence-corrected chi connectivity index (χ4v) is 5.26. The highest BCUT2D eigenvalue weighted by atomic mass is 32.2. The molecule has 130 valence electrons. The normalized spacial score (nSPS) is 16.3. The van der Waals surface area contributed by atoms with Crippen molar-refractivity contribution in [1.29, 1.82) is 0 Å². The Bertz CT molecular complexity index is 1070. The van der Waals surface area contributed by atoms with E-state index in [1.807, 2.05) is 31.6 Å². The predicted molar refractivity (Wildman–Crippen MR) is 100 cm³/mol. The summed E-state index contributed by atoms with van der Waals surface area (Å²) in [4.78, 5) is 13.0. The van der Waals surface area contributed by atoms with Crippen LogP contribution in [0.2, 0.25) is 0 Å². The van der Waals surface area contributed by atoms with E-state index in [0.717, 1.165) is 44.1 Å². The molecule has 0 amide bonds. The van der Waals surface area contributed by atoms with Gasteiger partial charge in [0, 0.05) is 36.5 Å². The molecule has 0 radical (unpaired) electrons. The second kappa shape index (κ2) is 6.36. The third-order valence-electron chi connectivity index (χ3n) is 4.26. The zero-order chi connectivity index (χ0) is 17.5. The zero-order valence-corrected chi connectivity index (χ0v) is 15.5. The van der Waals surface area contributed by atoms with Crippen molar-refractivity contribution < 1.29 is 0 Å². The molecule has 8 nitrogen and oxygen atoms in total. The van der Waals surface area contributed by atoms with Crippen LogP contribution in [0.1, 0.15) is 6.04 Å². The van der Waals surface area contributed by atoms with Crippen molar-refractivity contribution in [2.24, 2.45) is 7.05 Å². The van der Waals surface area contributed by atoms with Gasteiger partial charge in [-0.25, -0.2) is 9.97 Å². The molecule has 0 aromatic carbocycles. The van der Waals surface area contributed by atoms with E-state index < -0.39 is 0 Å². The molecule has 1 aliphatic heterocycles. The summed E-state index contributed by atoms with van der Waals surface area (Å²) in [6.07, 6.45) is 7.02. The third kappa shape index (κ3) is 2.56. The van der Waals surface area contributed by atoms with Gasteiger partial charge in [-0.2, -0.15) is 5.10 Å². The van der Waals surface area contributed by atoms with Crippen molar-refractivity contribution >= 4 is 34.6 Å². The molecule has 1 unspecified atom stereocenters. The van der Waals surface area contributed by atoms with Crippen LogP contribution in [-0.4, -0.2) is 51.0 Å². The van der Waals surface area contributed by atoms with Gasteiger partial charge in [0.1, 0.15) is 11.4 Å². The number of pyridine rings is 1. The van der Waals surface area contributed by atoms with Gasteiger partial charge in [0.2, 0.25) is 0 Å². The van der Waals surface area contributed by atoms with Gasteiger partial charge in [-0.3, -0.25) is 14.2 Å². The van der Waals surface area contributed by atoms with E-state index in [1.165, 1.54) is 0 Å². The minimum Gasteiger partial charge on any atom is -0.297 e. The summed E-state index contributed by atoms with van der Waals surface area (Å²) < 4.78 is 3.99. The van der Waals surface area contributed by atoms with Gasteiger partial charge in [-0.15, -0.1) is 22.0 Å². The molecular weight excluding hydrogens is 368 g/mol. The summed E-state index contributed by atoms with van der Waals surface area (Å²) >= 11 is 3.46. The Balaban J connectivity index is 1.43. The van der Waals surface area contributed by atoms with Crippen molar-refractivity contribution in [2.45, 2.75) is 16.2 Å². The lowest BCUT2D eigenvalue weighted by Crippen LogP contribution is -2.11. The first kappa shape index (κ1) is 15.8. The smallest absolute Gasteiger partial charge is 0.191 e. The van der Waals surface area contributed by atoms with Crippen LogP contribution in [0.5, 0.6) is 0 Å². The molecule has 0 saturated heterocycles. The largest absolute Gasteiger partial charge is 0.297 e. The minimum absolute atomic E-state index is 0.298. The molecular formula is C16H14N8S2. The highest BCUT2D eigenvalue weighted by Gasteiger charge is 2.29. The predicted octanol–water partition coefficient (Wildman–Crippen LogP) is 2.46. The van der Waals surface area contributed by atoms with Gasteiger partial charge in [-0.05, 0) is 12.1 Å².